The van der Waals surface area contributed by atoms with E-state index in [1.54, 1.807) is 11.3 Å². The molecule has 158 valence electrons. The second-order valence-electron chi connectivity index (χ2n) is 7.14. The molecule has 0 atom stereocenters. The van der Waals surface area contributed by atoms with Gasteiger partial charge in [-0.25, -0.2) is 4.98 Å². The molecule has 2 rings (SSSR count). The summed E-state index contributed by atoms with van der Waals surface area (Å²) < 4.78 is 5.95. The molecule has 0 aliphatic carbocycles. The Hall–Kier alpha value is -2.41. The fourth-order valence-corrected chi connectivity index (χ4v) is 4.00. The van der Waals surface area contributed by atoms with Gasteiger partial charge in [-0.15, -0.1) is 16.4 Å². The van der Waals surface area contributed by atoms with Gasteiger partial charge < -0.3 is 16.2 Å². The summed E-state index contributed by atoms with van der Waals surface area (Å²) in [5.41, 5.74) is 13.4. The molecule has 0 radical (unpaired) electrons. The average molecular weight is 416 g/mol. The van der Waals surface area contributed by atoms with Crippen LogP contribution < -0.4 is 16.2 Å². The Kier molecular flexibility index (Phi) is 9.64. The fourth-order valence-electron chi connectivity index (χ4n) is 3.00. The molecule has 0 aliphatic heterocycles. The average Bonchev–Trinajstić information content (AvgIpc) is 3.10. The summed E-state index contributed by atoms with van der Waals surface area (Å²) in [5.74, 6) is 0.825. The predicted octanol–water partition coefficient (Wildman–Crippen LogP) is 5.25. The Balaban J connectivity index is 1.93. The van der Waals surface area contributed by atoms with Crippen LogP contribution in [0.3, 0.4) is 0 Å². The second-order valence-corrected chi connectivity index (χ2v) is 8.14. The van der Waals surface area contributed by atoms with Crippen LogP contribution in [0.4, 0.5) is 0 Å². The van der Waals surface area contributed by atoms with Gasteiger partial charge in [-0.3, -0.25) is 0 Å². The molecule has 0 fully saturated rings. The molecular formula is C22H33N5OS. The van der Waals surface area contributed by atoms with Crippen molar-refractivity contribution in [3.05, 3.63) is 34.8 Å². The van der Waals surface area contributed by atoms with Gasteiger partial charge in [0.15, 0.2) is 0 Å². The highest BCUT2D eigenvalue weighted by Crippen LogP contribution is 2.30. The van der Waals surface area contributed by atoms with Crippen molar-refractivity contribution in [3.63, 3.8) is 0 Å². The van der Waals surface area contributed by atoms with Crippen LogP contribution in [0.25, 0.3) is 10.6 Å². The third kappa shape index (κ3) is 7.85. The summed E-state index contributed by atoms with van der Waals surface area (Å²) in [6.07, 6.45) is 8.95. The molecule has 0 unspecified atom stereocenters. The zero-order valence-corrected chi connectivity index (χ0v) is 18.6. The first kappa shape index (κ1) is 22.9. The highest BCUT2D eigenvalue weighted by atomic mass is 32.1. The topological polar surface area (TPSA) is 98.9 Å². The standard InChI is InChI=1S/C22H33N5OS/c1-4-5-6-7-8-9-10-14-28-19-13-11-12-18(15-19)21-25-16(2)20(29-21)17(3)26-27-22(23)24/h11-13,15H,4-10,14H2,1-3H3,(H4,23,24,27). The van der Waals surface area contributed by atoms with Crippen molar-refractivity contribution in [2.24, 2.45) is 21.7 Å². The zero-order valence-electron chi connectivity index (χ0n) is 17.8. The number of guanidine groups is 1. The van der Waals surface area contributed by atoms with Crippen LogP contribution in [0.15, 0.2) is 34.5 Å². The quantitative estimate of drug-likeness (QED) is 0.214. The number of aryl methyl sites for hydroxylation is 1. The van der Waals surface area contributed by atoms with E-state index < -0.39 is 0 Å². The molecule has 1 heterocycles. The molecule has 0 bridgehead atoms. The van der Waals surface area contributed by atoms with E-state index in [1.165, 1.54) is 38.5 Å². The van der Waals surface area contributed by atoms with Crippen LogP contribution in [0.5, 0.6) is 5.75 Å². The van der Waals surface area contributed by atoms with E-state index in [4.69, 9.17) is 16.2 Å². The van der Waals surface area contributed by atoms with Gasteiger partial charge in [0.05, 0.1) is 22.9 Å². The number of aromatic nitrogens is 1. The van der Waals surface area contributed by atoms with E-state index in [9.17, 15) is 0 Å². The van der Waals surface area contributed by atoms with Crippen LogP contribution in [0.2, 0.25) is 0 Å². The summed E-state index contributed by atoms with van der Waals surface area (Å²) >= 11 is 1.57. The Morgan fingerprint density at radius 1 is 1.07 bits per heavy atom. The normalized spacial score (nSPS) is 11.5. The van der Waals surface area contributed by atoms with E-state index in [-0.39, 0.29) is 5.96 Å². The first-order valence-electron chi connectivity index (χ1n) is 10.4. The fraction of sp³-hybridized carbons (Fsp3) is 0.500. The number of hydrogen-bond donors (Lipinski definition) is 2. The van der Waals surface area contributed by atoms with Gasteiger partial charge in [-0.1, -0.05) is 57.6 Å². The Bertz CT molecular complexity index is 824. The third-order valence-corrected chi connectivity index (χ3v) is 5.85. The maximum Gasteiger partial charge on any atom is 0.211 e. The maximum atomic E-state index is 5.95. The van der Waals surface area contributed by atoms with E-state index in [0.717, 1.165) is 45.6 Å². The minimum atomic E-state index is -0.0578. The molecule has 0 saturated carbocycles. The molecule has 4 N–H and O–H groups in total. The third-order valence-electron chi connectivity index (χ3n) is 4.54. The number of rotatable bonds is 12. The van der Waals surface area contributed by atoms with Crippen LogP contribution in [0, 0.1) is 6.92 Å². The Labute approximate surface area is 178 Å². The molecule has 0 saturated heterocycles. The maximum absolute atomic E-state index is 5.95. The van der Waals surface area contributed by atoms with Crippen molar-refractivity contribution >= 4 is 23.0 Å². The van der Waals surface area contributed by atoms with Gasteiger partial charge >= 0.3 is 0 Å². The highest BCUT2D eigenvalue weighted by Gasteiger charge is 2.12. The van der Waals surface area contributed by atoms with Crippen molar-refractivity contribution in [3.8, 4) is 16.3 Å². The Morgan fingerprint density at radius 3 is 2.52 bits per heavy atom. The number of unbranched alkanes of at least 4 members (excludes halogenated alkanes) is 6. The smallest absolute Gasteiger partial charge is 0.211 e. The van der Waals surface area contributed by atoms with Crippen LogP contribution in [-0.2, 0) is 0 Å². The van der Waals surface area contributed by atoms with Gasteiger partial charge in [0, 0.05) is 5.56 Å². The number of benzene rings is 1. The molecule has 29 heavy (non-hydrogen) atoms. The summed E-state index contributed by atoms with van der Waals surface area (Å²) in [7, 11) is 0. The molecule has 0 amide bonds. The largest absolute Gasteiger partial charge is 0.494 e. The molecule has 0 spiro atoms. The second kappa shape index (κ2) is 12.2. The minimum Gasteiger partial charge on any atom is -0.494 e. The molecular weight excluding hydrogens is 382 g/mol. The summed E-state index contributed by atoms with van der Waals surface area (Å²) in [4.78, 5) is 5.66. The molecule has 1 aromatic heterocycles. The van der Waals surface area contributed by atoms with Crippen LogP contribution in [-0.4, -0.2) is 23.3 Å². The zero-order chi connectivity index (χ0) is 21.1. The van der Waals surface area contributed by atoms with Gasteiger partial charge in [0.25, 0.3) is 0 Å². The van der Waals surface area contributed by atoms with Crippen molar-refractivity contribution in [1.82, 2.24) is 4.98 Å². The first-order valence-corrected chi connectivity index (χ1v) is 11.2. The lowest BCUT2D eigenvalue weighted by Gasteiger charge is -2.07. The number of thiazole rings is 1. The summed E-state index contributed by atoms with van der Waals surface area (Å²) in [6.45, 7) is 6.84. The first-order chi connectivity index (χ1) is 14.0. The van der Waals surface area contributed by atoms with Crippen molar-refractivity contribution in [2.75, 3.05) is 6.61 Å². The van der Waals surface area contributed by atoms with Crippen LogP contribution in [0.1, 0.15) is 69.4 Å². The van der Waals surface area contributed by atoms with Gasteiger partial charge in [-0.2, -0.15) is 5.10 Å². The molecule has 0 aliphatic rings. The lowest BCUT2D eigenvalue weighted by atomic mass is 10.1. The lowest BCUT2D eigenvalue weighted by Crippen LogP contribution is -2.22. The van der Waals surface area contributed by atoms with E-state index in [0.29, 0.717) is 0 Å². The summed E-state index contributed by atoms with van der Waals surface area (Å²) in [6, 6.07) is 8.10. The van der Waals surface area contributed by atoms with Crippen LogP contribution >= 0.6 is 11.3 Å². The highest BCUT2D eigenvalue weighted by molar-refractivity contribution is 7.17. The molecule has 2 aromatic rings. The van der Waals surface area contributed by atoms with Crippen molar-refractivity contribution < 1.29 is 4.74 Å². The van der Waals surface area contributed by atoms with Crippen molar-refractivity contribution in [2.45, 2.75) is 65.7 Å². The van der Waals surface area contributed by atoms with Gasteiger partial charge in [0.1, 0.15) is 10.8 Å². The minimum absolute atomic E-state index is 0.0578. The molecule has 1 aromatic carbocycles. The number of ether oxygens (including phenoxy) is 1. The number of hydrogen-bond acceptors (Lipinski definition) is 5. The van der Waals surface area contributed by atoms with Crippen molar-refractivity contribution in [1.29, 1.82) is 0 Å². The lowest BCUT2D eigenvalue weighted by molar-refractivity contribution is 0.304. The van der Waals surface area contributed by atoms with Gasteiger partial charge in [0.2, 0.25) is 5.96 Å². The van der Waals surface area contributed by atoms with Gasteiger partial charge in [-0.05, 0) is 32.4 Å². The van der Waals surface area contributed by atoms with E-state index in [1.807, 2.05) is 38.1 Å². The predicted molar refractivity (Wildman–Crippen MR) is 124 cm³/mol. The molecule has 6 nitrogen and oxygen atoms in total. The Morgan fingerprint density at radius 2 is 1.79 bits per heavy atom. The van der Waals surface area contributed by atoms with E-state index >= 15 is 0 Å². The SMILES string of the molecule is CCCCCCCCCOc1cccc(-c2nc(C)c(C(C)=NN=C(N)N)s2)c1. The number of nitrogens with zero attached hydrogens (tertiary/aromatic N) is 3. The molecule has 7 heteroatoms. The monoisotopic (exact) mass is 415 g/mol. The summed E-state index contributed by atoms with van der Waals surface area (Å²) in [5, 5.41) is 8.72. The van der Waals surface area contributed by atoms with E-state index in [2.05, 4.69) is 22.1 Å². The number of nitrogens with two attached hydrogens (primary N) is 2.